The van der Waals surface area contributed by atoms with Crippen LogP contribution in [0.15, 0.2) is 18.2 Å². The van der Waals surface area contributed by atoms with Crippen molar-refractivity contribution >= 4 is 17.3 Å². The van der Waals surface area contributed by atoms with Gasteiger partial charge in [0.1, 0.15) is 0 Å². The Labute approximate surface area is 149 Å². The zero-order chi connectivity index (χ0) is 18.2. The summed E-state index contributed by atoms with van der Waals surface area (Å²) in [7, 11) is 0. The molecular weight excluding hydrogens is 316 g/mol. The van der Waals surface area contributed by atoms with Crippen LogP contribution in [0.25, 0.3) is 0 Å². The number of carbonyl (C=O) groups excluding carboxylic acids is 1. The number of nitro groups is 1. The lowest BCUT2D eigenvalue weighted by Gasteiger charge is -2.39. The highest BCUT2D eigenvalue weighted by Crippen LogP contribution is 2.41. The number of non-ortho nitro benzene ring substituents is 1. The number of benzene rings is 1. The number of hydrogen-bond donors (Lipinski definition) is 0. The Bertz CT molecular complexity index is 670. The molecule has 0 saturated heterocycles. The molecule has 1 saturated carbocycles. The molecule has 1 heterocycles. The summed E-state index contributed by atoms with van der Waals surface area (Å²) in [6.07, 6.45) is 5.82. The number of amides is 1. The Balaban J connectivity index is 1.74. The molecule has 0 unspecified atom stereocenters. The molecule has 3 rings (SSSR count). The number of hydrogen-bond acceptors (Lipinski definition) is 3. The van der Waals surface area contributed by atoms with Gasteiger partial charge in [-0.25, -0.2) is 0 Å². The average molecular weight is 344 g/mol. The summed E-state index contributed by atoms with van der Waals surface area (Å²) in [4.78, 5) is 25.6. The first-order valence-electron chi connectivity index (χ1n) is 9.36. The van der Waals surface area contributed by atoms with E-state index in [0.29, 0.717) is 11.3 Å². The fourth-order valence-corrected chi connectivity index (χ4v) is 4.35. The molecule has 1 aliphatic carbocycles. The minimum atomic E-state index is -0.366. The molecule has 1 amide bonds. The molecule has 0 spiro atoms. The molecule has 1 aromatic carbocycles. The number of aryl methyl sites for hydroxylation is 1. The van der Waals surface area contributed by atoms with Gasteiger partial charge in [-0.05, 0) is 61.5 Å². The van der Waals surface area contributed by atoms with Crippen molar-refractivity contribution in [1.29, 1.82) is 0 Å². The normalized spacial score (nSPS) is 23.9. The van der Waals surface area contributed by atoms with Crippen LogP contribution >= 0.6 is 0 Å². The maximum Gasteiger partial charge on any atom is 0.269 e. The number of fused-ring (bicyclic) bond motifs is 1. The quantitative estimate of drug-likeness (QED) is 0.575. The second-order valence-corrected chi connectivity index (χ2v) is 8.58. The zero-order valence-corrected chi connectivity index (χ0v) is 15.5. The van der Waals surface area contributed by atoms with Gasteiger partial charge >= 0.3 is 0 Å². The average Bonchev–Trinajstić information content (AvgIpc) is 2.59. The smallest absolute Gasteiger partial charge is 0.269 e. The highest BCUT2D eigenvalue weighted by molar-refractivity contribution is 5.96. The first-order chi connectivity index (χ1) is 11.8. The van der Waals surface area contributed by atoms with Crippen LogP contribution in [0.5, 0.6) is 0 Å². The summed E-state index contributed by atoms with van der Waals surface area (Å²) >= 11 is 0. The van der Waals surface area contributed by atoms with Gasteiger partial charge in [-0.1, -0.05) is 20.8 Å². The lowest BCUT2D eigenvalue weighted by molar-refractivity contribution is -0.384. The summed E-state index contributed by atoms with van der Waals surface area (Å²) in [5.74, 6) is 0.995. The van der Waals surface area contributed by atoms with Gasteiger partial charge in [-0.15, -0.1) is 0 Å². The van der Waals surface area contributed by atoms with Gasteiger partial charge < -0.3 is 4.90 Å². The highest BCUT2D eigenvalue weighted by atomic mass is 16.6. The Kier molecular flexibility index (Phi) is 4.85. The third-order valence-corrected chi connectivity index (χ3v) is 5.96. The van der Waals surface area contributed by atoms with E-state index in [4.69, 9.17) is 0 Å². The number of nitro benzene ring substituents is 1. The van der Waals surface area contributed by atoms with Gasteiger partial charge in [0.25, 0.3) is 5.69 Å². The van der Waals surface area contributed by atoms with E-state index in [0.717, 1.165) is 56.3 Å². The minimum Gasteiger partial charge on any atom is -0.312 e. The fourth-order valence-electron chi connectivity index (χ4n) is 4.35. The van der Waals surface area contributed by atoms with E-state index < -0.39 is 0 Å². The Morgan fingerprint density at radius 1 is 1.20 bits per heavy atom. The maximum absolute atomic E-state index is 13.1. The van der Waals surface area contributed by atoms with Crippen LogP contribution in [0.1, 0.15) is 58.4 Å². The molecule has 0 radical (unpaired) electrons. The molecule has 25 heavy (non-hydrogen) atoms. The summed E-state index contributed by atoms with van der Waals surface area (Å²) in [5, 5.41) is 11.0. The van der Waals surface area contributed by atoms with Crippen molar-refractivity contribution in [1.82, 2.24) is 0 Å². The number of nitrogens with zero attached hydrogens (tertiary/aromatic N) is 2. The third-order valence-electron chi connectivity index (χ3n) is 5.96. The van der Waals surface area contributed by atoms with Gasteiger partial charge in [-0.2, -0.15) is 0 Å². The topological polar surface area (TPSA) is 63.5 Å². The van der Waals surface area contributed by atoms with Crippen molar-refractivity contribution in [2.24, 2.45) is 17.3 Å². The van der Waals surface area contributed by atoms with Gasteiger partial charge in [0.05, 0.1) is 4.92 Å². The van der Waals surface area contributed by atoms with Crippen molar-refractivity contribution < 1.29 is 9.72 Å². The van der Waals surface area contributed by atoms with Gasteiger partial charge in [0.15, 0.2) is 0 Å². The molecule has 0 bridgehead atoms. The van der Waals surface area contributed by atoms with Crippen molar-refractivity contribution in [3.8, 4) is 0 Å². The van der Waals surface area contributed by atoms with Crippen LogP contribution in [-0.4, -0.2) is 17.4 Å². The predicted octanol–water partition coefficient (Wildman–Crippen LogP) is 4.73. The van der Waals surface area contributed by atoms with E-state index in [1.807, 2.05) is 4.90 Å². The molecule has 0 atom stereocenters. The van der Waals surface area contributed by atoms with E-state index in [1.54, 1.807) is 12.1 Å². The lowest BCUT2D eigenvalue weighted by atomic mass is 9.69. The van der Waals surface area contributed by atoms with Crippen LogP contribution in [0.3, 0.4) is 0 Å². The van der Waals surface area contributed by atoms with E-state index in [-0.39, 0.29) is 22.4 Å². The standard InChI is InChI=1S/C20H28N2O3/c1-20(2,3)16-8-6-14(7-9-16)19(23)21-12-4-5-15-13-17(22(24)25)10-11-18(15)21/h10-11,13-14,16H,4-9,12H2,1-3H3. The Morgan fingerprint density at radius 2 is 1.88 bits per heavy atom. The SMILES string of the molecule is CC(C)(C)C1CCC(C(=O)N2CCCc3cc([N+](=O)[O-])ccc32)CC1. The monoisotopic (exact) mass is 344 g/mol. The lowest BCUT2D eigenvalue weighted by Crippen LogP contribution is -2.41. The summed E-state index contributed by atoms with van der Waals surface area (Å²) in [6, 6.07) is 4.90. The molecule has 136 valence electrons. The van der Waals surface area contributed by atoms with Gasteiger partial charge in [0.2, 0.25) is 5.91 Å². The zero-order valence-electron chi connectivity index (χ0n) is 15.5. The van der Waals surface area contributed by atoms with Crippen LogP contribution < -0.4 is 4.90 Å². The molecule has 0 N–H and O–H groups in total. The first-order valence-corrected chi connectivity index (χ1v) is 9.36. The predicted molar refractivity (Wildman–Crippen MR) is 98.7 cm³/mol. The van der Waals surface area contributed by atoms with Crippen molar-refractivity contribution in [3.05, 3.63) is 33.9 Å². The van der Waals surface area contributed by atoms with Crippen LogP contribution in [0, 0.1) is 27.4 Å². The second-order valence-electron chi connectivity index (χ2n) is 8.58. The number of carbonyl (C=O) groups is 1. The first kappa shape index (κ1) is 17.9. The summed E-state index contributed by atoms with van der Waals surface area (Å²) in [6.45, 7) is 7.58. The number of anilines is 1. The number of rotatable bonds is 2. The van der Waals surface area contributed by atoms with Crippen LogP contribution in [0.4, 0.5) is 11.4 Å². The fraction of sp³-hybridized carbons (Fsp3) is 0.650. The van der Waals surface area contributed by atoms with Crippen LogP contribution in [0.2, 0.25) is 0 Å². The van der Waals surface area contributed by atoms with Crippen molar-refractivity contribution in [3.63, 3.8) is 0 Å². The van der Waals surface area contributed by atoms with Gasteiger partial charge in [-0.3, -0.25) is 14.9 Å². The molecule has 1 aliphatic heterocycles. The van der Waals surface area contributed by atoms with E-state index >= 15 is 0 Å². The molecule has 1 fully saturated rings. The summed E-state index contributed by atoms with van der Waals surface area (Å²) in [5.41, 5.74) is 2.22. The Morgan fingerprint density at radius 3 is 2.48 bits per heavy atom. The van der Waals surface area contributed by atoms with Gasteiger partial charge in [0, 0.05) is 30.3 Å². The molecule has 5 nitrogen and oxygen atoms in total. The van der Waals surface area contributed by atoms with Crippen molar-refractivity contribution in [2.75, 3.05) is 11.4 Å². The van der Waals surface area contributed by atoms with E-state index in [2.05, 4.69) is 20.8 Å². The molecule has 5 heteroatoms. The third kappa shape index (κ3) is 3.70. The van der Waals surface area contributed by atoms with E-state index in [9.17, 15) is 14.9 Å². The molecular formula is C20H28N2O3. The largest absolute Gasteiger partial charge is 0.312 e. The summed E-state index contributed by atoms with van der Waals surface area (Å²) < 4.78 is 0. The van der Waals surface area contributed by atoms with E-state index in [1.165, 1.54) is 6.07 Å². The highest BCUT2D eigenvalue weighted by Gasteiger charge is 2.35. The Hall–Kier alpha value is -1.91. The van der Waals surface area contributed by atoms with Crippen molar-refractivity contribution in [2.45, 2.75) is 59.3 Å². The second kappa shape index (κ2) is 6.77. The molecule has 2 aliphatic rings. The molecule has 1 aromatic rings. The molecule has 0 aromatic heterocycles. The maximum atomic E-state index is 13.1. The van der Waals surface area contributed by atoms with Crippen LogP contribution in [-0.2, 0) is 11.2 Å². The minimum absolute atomic E-state index is 0.0970.